The molecule has 0 radical (unpaired) electrons. The Balaban J connectivity index is 2.33. The molecule has 3 nitrogen and oxygen atoms in total. The molecule has 1 aromatic rings. The Hall–Kier alpha value is -1.02. The van der Waals surface area contributed by atoms with Crippen LogP contribution >= 0.6 is 11.8 Å². The zero-order valence-electron chi connectivity index (χ0n) is 8.23. The fraction of sp³-hybridized carbons (Fsp3) is 0.222. The van der Waals surface area contributed by atoms with Gasteiger partial charge in [-0.3, -0.25) is 0 Å². The third kappa shape index (κ3) is 2.63. The van der Waals surface area contributed by atoms with Gasteiger partial charge in [-0.25, -0.2) is 0 Å². The maximum atomic E-state index is 12.1. The first-order valence-electron chi connectivity index (χ1n) is 4.43. The quantitative estimate of drug-likeness (QED) is 0.794. The Morgan fingerprint density at radius 2 is 1.88 bits per heavy atom. The number of rotatable bonds is 1. The van der Waals surface area contributed by atoms with Gasteiger partial charge in [-0.1, -0.05) is 30.0 Å². The van der Waals surface area contributed by atoms with E-state index in [0.29, 0.717) is 11.8 Å². The van der Waals surface area contributed by atoms with E-state index in [1.165, 1.54) is 18.2 Å². The lowest BCUT2D eigenvalue weighted by atomic mass is 10.2. The molecule has 2 rings (SSSR count). The van der Waals surface area contributed by atoms with Gasteiger partial charge in [-0.15, -0.1) is 0 Å². The Morgan fingerprint density at radius 1 is 1.24 bits per heavy atom. The van der Waals surface area contributed by atoms with Crippen molar-refractivity contribution >= 4 is 26.8 Å². The summed E-state index contributed by atoms with van der Waals surface area (Å²) in [6.45, 7) is 0. The normalized spacial score (nSPS) is 17.7. The van der Waals surface area contributed by atoms with Crippen LogP contribution < -0.4 is 0 Å². The van der Waals surface area contributed by atoms with Crippen LogP contribution in [-0.4, -0.2) is 25.4 Å². The molecule has 0 N–H and O–H groups in total. The van der Waals surface area contributed by atoms with Crippen LogP contribution in [0.3, 0.4) is 0 Å². The SMILES string of the molecule is O=S1(=O)N=C(SCC(F)(F)F)c2ccccc21. The summed E-state index contributed by atoms with van der Waals surface area (Å²) in [4.78, 5) is -0.0373. The van der Waals surface area contributed by atoms with Gasteiger partial charge < -0.3 is 0 Å². The smallest absolute Gasteiger partial charge is 0.199 e. The zero-order chi connectivity index (χ0) is 12.7. The summed E-state index contributed by atoms with van der Waals surface area (Å²) < 4.78 is 62.5. The van der Waals surface area contributed by atoms with Gasteiger partial charge in [0, 0.05) is 5.56 Å². The van der Waals surface area contributed by atoms with Crippen LogP contribution in [0.1, 0.15) is 5.56 Å². The zero-order valence-corrected chi connectivity index (χ0v) is 9.86. The third-order valence-corrected chi connectivity index (χ3v) is 4.48. The van der Waals surface area contributed by atoms with E-state index in [4.69, 9.17) is 0 Å². The van der Waals surface area contributed by atoms with Crippen molar-refractivity contribution in [2.75, 3.05) is 5.75 Å². The summed E-state index contributed by atoms with van der Waals surface area (Å²) in [6.07, 6.45) is -4.35. The van der Waals surface area contributed by atoms with Crippen LogP contribution in [-0.2, 0) is 10.0 Å². The van der Waals surface area contributed by atoms with Gasteiger partial charge in [0.2, 0.25) is 0 Å². The molecule has 92 valence electrons. The van der Waals surface area contributed by atoms with Crippen LogP contribution in [0, 0.1) is 0 Å². The van der Waals surface area contributed by atoms with Crippen molar-refractivity contribution in [2.45, 2.75) is 11.1 Å². The molecule has 0 aromatic heterocycles. The number of fused-ring (bicyclic) bond motifs is 1. The van der Waals surface area contributed by atoms with E-state index in [1.807, 2.05) is 0 Å². The molecule has 0 aliphatic carbocycles. The molecule has 0 saturated carbocycles. The van der Waals surface area contributed by atoms with Gasteiger partial charge in [-0.05, 0) is 6.07 Å². The molecule has 1 heterocycles. The van der Waals surface area contributed by atoms with Gasteiger partial charge >= 0.3 is 6.18 Å². The second-order valence-electron chi connectivity index (χ2n) is 3.27. The predicted octanol–water partition coefficient (Wildman–Crippen LogP) is 2.43. The lowest BCUT2D eigenvalue weighted by molar-refractivity contribution is -0.105. The van der Waals surface area contributed by atoms with Crippen molar-refractivity contribution in [1.29, 1.82) is 0 Å². The van der Waals surface area contributed by atoms with E-state index in [2.05, 4.69) is 4.40 Å². The molecule has 1 aromatic carbocycles. The predicted molar refractivity (Wildman–Crippen MR) is 58.7 cm³/mol. The molecule has 8 heteroatoms. The highest BCUT2D eigenvalue weighted by molar-refractivity contribution is 8.15. The Bertz CT molecular complexity index is 578. The second kappa shape index (κ2) is 4.02. The lowest BCUT2D eigenvalue weighted by Gasteiger charge is -2.05. The van der Waals surface area contributed by atoms with Crippen molar-refractivity contribution in [1.82, 2.24) is 0 Å². The van der Waals surface area contributed by atoms with Crippen molar-refractivity contribution < 1.29 is 21.6 Å². The number of hydrogen-bond acceptors (Lipinski definition) is 3. The number of nitrogens with zero attached hydrogens (tertiary/aromatic N) is 1. The van der Waals surface area contributed by atoms with Crippen LogP contribution in [0.5, 0.6) is 0 Å². The summed E-state index contributed by atoms with van der Waals surface area (Å²) in [6, 6.07) is 5.84. The van der Waals surface area contributed by atoms with Gasteiger partial charge in [-0.2, -0.15) is 26.0 Å². The summed E-state index contributed by atoms with van der Waals surface area (Å²) in [5.74, 6) is -1.16. The highest BCUT2D eigenvalue weighted by atomic mass is 32.2. The number of thioether (sulfide) groups is 1. The Morgan fingerprint density at radius 3 is 2.53 bits per heavy atom. The molecule has 0 amide bonds. The first kappa shape index (κ1) is 12.4. The van der Waals surface area contributed by atoms with Crippen molar-refractivity contribution in [2.24, 2.45) is 4.40 Å². The van der Waals surface area contributed by atoms with Crippen LogP contribution in [0.25, 0.3) is 0 Å². The Kier molecular flexibility index (Phi) is 2.94. The summed E-state index contributed by atoms with van der Waals surface area (Å²) >= 11 is 0.382. The molecule has 0 saturated heterocycles. The average molecular weight is 281 g/mol. The molecule has 0 atom stereocenters. The fourth-order valence-corrected chi connectivity index (χ4v) is 3.64. The van der Waals surface area contributed by atoms with E-state index >= 15 is 0 Å². The molecule has 0 bridgehead atoms. The highest BCUT2D eigenvalue weighted by Gasteiger charge is 2.33. The first-order valence-corrected chi connectivity index (χ1v) is 6.86. The minimum Gasteiger partial charge on any atom is -0.199 e. The monoisotopic (exact) mass is 281 g/mol. The average Bonchev–Trinajstić information content (AvgIpc) is 2.48. The molecular formula is C9H6F3NO2S2. The molecule has 0 fully saturated rings. The van der Waals surface area contributed by atoms with E-state index in [1.54, 1.807) is 6.07 Å². The minimum atomic E-state index is -4.35. The van der Waals surface area contributed by atoms with E-state index in [0.717, 1.165) is 0 Å². The molecule has 0 unspecified atom stereocenters. The molecule has 0 spiro atoms. The summed E-state index contributed by atoms with van der Waals surface area (Å²) in [5, 5.41) is -0.0991. The van der Waals surface area contributed by atoms with Gasteiger partial charge in [0.05, 0.1) is 10.6 Å². The number of alkyl halides is 3. The van der Waals surface area contributed by atoms with E-state index in [-0.39, 0.29) is 15.5 Å². The Labute approximate surface area is 99.8 Å². The highest BCUT2D eigenvalue weighted by Crippen LogP contribution is 2.33. The van der Waals surface area contributed by atoms with Gasteiger partial charge in [0.1, 0.15) is 5.04 Å². The largest absolute Gasteiger partial charge is 0.398 e. The van der Waals surface area contributed by atoms with E-state index in [9.17, 15) is 21.6 Å². The molecule has 17 heavy (non-hydrogen) atoms. The molecule has 1 aliphatic heterocycles. The summed E-state index contributed by atoms with van der Waals surface area (Å²) in [7, 11) is -3.82. The van der Waals surface area contributed by atoms with Crippen molar-refractivity contribution in [3.8, 4) is 0 Å². The van der Waals surface area contributed by atoms with Crippen molar-refractivity contribution in [3.63, 3.8) is 0 Å². The standard InChI is InChI=1S/C9H6F3NO2S2/c10-9(11,12)5-16-8-6-3-1-2-4-7(6)17(14,15)13-8/h1-4H,5H2. The molecular weight excluding hydrogens is 275 g/mol. The van der Waals surface area contributed by atoms with Crippen LogP contribution in [0.15, 0.2) is 33.6 Å². The topological polar surface area (TPSA) is 46.5 Å². The fourth-order valence-electron chi connectivity index (χ4n) is 1.33. The lowest BCUT2D eigenvalue weighted by Crippen LogP contribution is -2.12. The number of sulfonamides is 1. The van der Waals surface area contributed by atoms with Gasteiger partial charge in [0.15, 0.2) is 0 Å². The first-order chi connectivity index (χ1) is 7.80. The van der Waals surface area contributed by atoms with Crippen LogP contribution in [0.4, 0.5) is 13.2 Å². The van der Waals surface area contributed by atoms with Gasteiger partial charge in [0.25, 0.3) is 10.0 Å². The second-order valence-corrected chi connectivity index (χ2v) is 5.81. The van der Waals surface area contributed by atoms with Crippen molar-refractivity contribution in [3.05, 3.63) is 29.8 Å². The number of benzene rings is 1. The molecule has 1 aliphatic rings. The summed E-state index contributed by atoms with van der Waals surface area (Å²) in [5.41, 5.74) is 0.238. The van der Waals surface area contributed by atoms with Crippen LogP contribution in [0.2, 0.25) is 0 Å². The maximum Gasteiger partial charge on any atom is 0.398 e. The number of halogens is 3. The number of hydrogen-bond donors (Lipinski definition) is 0. The minimum absolute atomic E-state index is 0.0373. The third-order valence-electron chi connectivity index (χ3n) is 1.97. The van der Waals surface area contributed by atoms with E-state index < -0.39 is 22.0 Å². The maximum absolute atomic E-state index is 12.1.